The molecule has 2 aliphatic rings. The number of amides is 1. The Balaban J connectivity index is 1.48. The van der Waals surface area contributed by atoms with Crippen LogP contribution in [0.25, 0.3) is 10.6 Å². The van der Waals surface area contributed by atoms with Gasteiger partial charge in [-0.1, -0.05) is 30.3 Å². The Labute approximate surface area is 140 Å². The Morgan fingerprint density at radius 3 is 2.52 bits per heavy atom. The molecule has 3 heterocycles. The van der Waals surface area contributed by atoms with E-state index in [0.717, 1.165) is 66.3 Å². The van der Waals surface area contributed by atoms with E-state index in [9.17, 15) is 4.79 Å². The van der Waals surface area contributed by atoms with Gasteiger partial charge in [0, 0.05) is 18.7 Å². The van der Waals surface area contributed by atoms with Gasteiger partial charge >= 0.3 is 0 Å². The SMILES string of the molecule is O=C(c1cnc(-c2ccccc2)s1)N1CC[C@@H]2CNC[C@@H]2CC1. The molecule has 0 radical (unpaired) electrons. The lowest BCUT2D eigenvalue weighted by Gasteiger charge is -2.19. The third-order valence-corrected chi connectivity index (χ3v) is 6.08. The van der Waals surface area contributed by atoms with Gasteiger partial charge < -0.3 is 10.2 Å². The molecule has 0 saturated carbocycles. The quantitative estimate of drug-likeness (QED) is 0.922. The van der Waals surface area contributed by atoms with E-state index in [1.807, 2.05) is 35.2 Å². The summed E-state index contributed by atoms with van der Waals surface area (Å²) in [5.41, 5.74) is 1.08. The topological polar surface area (TPSA) is 45.2 Å². The number of fused-ring (bicyclic) bond motifs is 1. The maximum absolute atomic E-state index is 12.8. The number of carbonyl (C=O) groups is 1. The first-order chi connectivity index (χ1) is 11.3. The predicted octanol–water partition coefficient (Wildman–Crippen LogP) is 2.88. The molecule has 2 fully saturated rings. The second kappa shape index (κ2) is 6.42. The lowest BCUT2D eigenvalue weighted by atomic mass is 9.92. The van der Waals surface area contributed by atoms with Crippen LogP contribution in [0.4, 0.5) is 0 Å². The fourth-order valence-corrected chi connectivity index (χ4v) is 4.55. The summed E-state index contributed by atoms with van der Waals surface area (Å²) in [7, 11) is 0. The summed E-state index contributed by atoms with van der Waals surface area (Å²) in [6, 6.07) is 10.1. The third kappa shape index (κ3) is 3.03. The van der Waals surface area contributed by atoms with Gasteiger partial charge in [-0.05, 0) is 37.8 Å². The summed E-state index contributed by atoms with van der Waals surface area (Å²) >= 11 is 1.50. The molecule has 0 spiro atoms. The van der Waals surface area contributed by atoms with E-state index in [0.29, 0.717) is 0 Å². The second-order valence-electron chi connectivity index (χ2n) is 6.44. The summed E-state index contributed by atoms with van der Waals surface area (Å²) in [4.78, 5) is 20.0. The van der Waals surface area contributed by atoms with E-state index in [4.69, 9.17) is 0 Å². The minimum atomic E-state index is 0.151. The van der Waals surface area contributed by atoms with Crippen molar-refractivity contribution in [2.24, 2.45) is 11.8 Å². The van der Waals surface area contributed by atoms with E-state index >= 15 is 0 Å². The average molecular weight is 327 g/mol. The van der Waals surface area contributed by atoms with Gasteiger partial charge in [0.25, 0.3) is 5.91 Å². The molecule has 4 rings (SSSR count). The van der Waals surface area contributed by atoms with Gasteiger partial charge in [0.1, 0.15) is 9.88 Å². The van der Waals surface area contributed by atoms with Gasteiger partial charge in [0.15, 0.2) is 0 Å². The first kappa shape index (κ1) is 14.8. The lowest BCUT2D eigenvalue weighted by molar-refractivity contribution is 0.0763. The molecule has 1 aromatic heterocycles. The molecule has 120 valence electrons. The van der Waals surface area contributed by atoms with Crippen molar-refractivity contribution in [3.05, 3.63) is 41.4 Å². The van der Waals surface area contributed by atoms with Gasteiger partial charge in [-0.2, -0.15) is 0 Å². The molecule has 1 aromatic carbocycles. The van der Waals surface area contributed by atoms with E-state index in [1.54, 1.807) is 6.20 Å². The Morgan fingerprint density at radius 1 is 1.13 bits per heavy atom. The zero-order valence-electron chi connectivity index (χ0n) is 13.1. The van der Waals surface area contributed by atoms with E-state index in [2.05, 4.69) is 10.3 Å². The van der Waals surface area contributed by atoms with Gasteiger partial charge in [-0.15, -0.1) is 11.3 Å². The first-order valence-corrected chi connectivity index (χ1v) is 9.14. The molecule has 0 bridgehead atoms. The summed E-state index contributed by atoms with van der Waals surface area (Å²) in [6.07, 6.45) is 3.98. The van der Waals surface area contributed by atoms with Crippen molar-refractivity contribution in [1.29, 1.82) is 0 Å². The summed E-state index contributed by atoms with van der Waals surface area (Å²) < 4.78 is 0. The number of hydrogen-bond donors (Lipinski definition) is 1. The van der Waals surface area contributed by atoms with Crippen LogP contribution in [0.15, 0.2) is 36.5 Å². The Kier molecular flexibility index (Phi) is 4.14. The number of likely N-dealkylation sites (tertiary alicyclic amines) is 1. The smallest absolute Gasteiger partial charge is 0.265 e. The molecule has 2 saturated heterocycles. The molecule has 2 aromatic rings. The highest BCUT2D eigenvalue weighted by atomic mass is 32.1. The summed E-state index contributed by atoms with van der Waals surface area (Å²) in [5, 5.41) is 4.40. The Bertz CT molecular complexity index is 671. The van der Waals surface area contributed by atoms with Crippen molar-refractivity contribution >= 4 is 17.2 Å². The standard InChI is InChI=1S/C18H21N3OS/c22-18(21-8-6-14-10-19-11-15(14)7-9-21)16-12-20-17(23-16)13-4-2-1-3-5-13/h1-5,12,14-15,19H,6-11H2/t14-,15+. The van der Waals surface area contributed by atoms with Crippen molar-refractivity contribution in [1.82, 2.24) is 15.2 Å². The normalized spacial score (nSPS) is 24.3. The second-order valence-corrected chi connectivity index (χ2v) is 7.47. The number of carbonyl (C=O) groups excluding carboxylic acids is 1. The monoisotopic (exact) mass is 327 g/mol. The van der Waals surface area contributed by atoms with E-state index < -0.39 is 0 Å². The first-order valence-electron chi connectivity index (χ1n) is 8.32. The van der Waals surface area contributed by atoms with Crippen LogP contribution in [-0.4, -0.2) is 42.0 Å². The third-order valence-electron chi connectivity index (χ3n) is 5.04. The molecule has 4 nitrogen and oxygen atoms in total. The van der Waals surface area contributed by atoms with Crippen LogP contribution in [0.3, 0.4) is 0 Å². The molecule has 2 aliphatic heterocycles. The van der Waals surface area contributed by atoms with E-state index in [1.165, 1.54) is 11.3 Å². The van der Waals surface area contributed by atoms with E-state index in [-0.39, 0.29) is 5.91 Å². The fraction of sp³-hybridized carbons (Fsp3) is 0.444. The van der Waals surface area contributed by atoms with Gasteiger partial charge in [-0.3, -0.25) is 4.79 Å². The van der Waals surface area contributed by atoms with Crippen molar-refractivity contribution in [2.45, 2.75) is 12.8 Å². The largest absolute Gasteiger partial charge is 0.338 e. The minimum Gasteiger partial charge on any atom is -0.338 e. The van der Waals surface area contributed by atoms with Crippen molar-refractivity contribution in [2.75, 3.05) is 26.2 Å². The molecule has 2 atom stereocenters. The van der Waals surface area contributed by atoms with Crippen LogP contribution in [-0.2, 0) is 0 Å². The summed E-state index contributed by atoms with van der Waals surface area (Å²) in [5.74, 6) is 1.64. The highest BCUT2D eigenvalue weighted by molar-refractivity contribution is 7.16. The van der Waals surface area contributed by atoms with Gasteiger partial charge in [0.2, 0.25) is 0 Å². The number of hydrogen-bond acceptors (Lipinski definition) is 4. The number of benzene rings is 1. The highest BCUT2D eigenvalue weighted by Crippen LogP contribution is 2.29. The van der Waals surface area contributed by atoms with Crippen LogP contribution in [0.2, 0.25) is 0 Å². The van der Waals surface area contributed by atoms with Crippen LogP contribution < -0.4 is 5.32 Å². The van der Waals surface area contributed by atoms with Crippen LogP contribution >= 0.6 is 11.3 Å². The number of rotatable bonds is 2. The highest BCUT2D eigenvalue weighted by Gasteiger charge is 2.32. The van der Waals surface area contributed by atoms with Crippen molar-refractivity contribution in [3.8, 4) is 10.6 Å². The Hall–Kier alpha value is -1.72. The lowest BCUT2D eigenvalue weighted by Crippen LogP contribution is -2.32. The van der Waals surface area contributed by atoms with Crippen LogP contribution in [0.5, 0.6) is 0 Å². The number of nitrogens with zero attached hydrogens (tertiary/aromatic N) is 2. The zero-order chi connectivity index (χ0) is 15.6. The van der Waals surface area contributed by atoms with Crippen LogP contribution in [0, 0.1) is 11.8 Å². The van der Waals surface area contributed by atoms with Crippen LogP contribution in [0.1, 0.15) is 22.5 Å². The van der Waals surface area contributed by atoms with Gasteiger partial charge in [-0.25, -0.2) is 4.98 Å². The zero-order valence-corrected chi connectivity index (χ0v) is 13.9. The minimum absolute atomic E-state index is 0.151. The van der Waals surface area contributed by atoms with Crippen molar-refractivity contribution < 1.29 is 4.79 Å². The number of nitrogens with one attached hydrogen (secondary N) is 1. The molecule has 23 heavy (non-hydrogen) atoms. The molecule has 0 unspecified atom stereocenters. The molecular weight excluding hydrogens is 306 g/mol. The average Bonchev–Trinajstić information content (AvgIpc) is 3.21. The maximum atomic E-state index is 12.8. The molecule has 0 aliphatic carbocycles. The predicted molar refractivity (Wildman–Crippen MR) is 92.5 cm³/mol. The molecule has 1 N–H and O–H groups in total. The summed E-state index contributed by atoms with van der Waals surface area (Å²) in [6.45, 7) is 3.98. The fourth-order valence-electron chi connectivity index (χ4n) is 3.66. The number of thiazole rings is 1. The van der Waals surface area contributed by atoms with Gasteiger partial charge in [0.05, 0.1) is 6.20 Å². The molecular formula is C18H21N3OS. The van der Waals surface area contributed by atoms with Crippen molar-refractivity contribution in [3.63, 3.8) is 0 Å². The molecule has 5 heteroatoms. The maximum Gasteiger partial charge on any atom is 0.265 e. The Morgan fingerprint density at radius 2 is 1.83 bits per heavy atom. The number of aromatic nitrogens is 1. The molecule has 1 amide bonds.